The van der Waals surface area contributed by atoms with Crippen LogP contribution in [-0.4, -0.2) is 25.8 Å². The predicted molar refractivity (Wildman–Crippen MR) is 65.1 cm³/mol. The Balaban J connectivity index is 2.36. The Labute approximate surface area is 94.8 Å². The van der Waals surface area contributed by atoms with Crippen LogP contribution in [0.4, 0.5) is 0 Å². The summed E-state index contributed by atoms with van der Waals surface area (Å²) >= 11 is 0. The van der Waals surface area contributed by atoms with Gasteiger partial charge >= 0.3 is 0 Å². The molecule has 0 radical (unpaired) electrons. The first-order chi connectivity index (χ1) is 7.38. The Morgan fingerprint density at radius 1 is 1.20 bits per heavy atom. The van der Waals surface area contributed by atoms with Gasteiger partial charge in [-0.3, -0.25) is 0 Å². The molecule has 2 unspecified atom stereocenters. The summed E-state index contributed by atoms with van der Waals surface area (Å²) in [5.41, 5.74) is 0. The number of hydrogen-bond acceptors (Lipinski definition) is 2. The van der Waals surface area contributed by atoms with E-state index in [0.717, 1.165) is 25.2 Å². The van der Waals surface area contributed by atoms with Crippen molar-refractivity contribution in [3.05, 3.63) is 0 Å². The maximum absolute atomic E-state index is 5.53. The first-order valence-electron chi connectivity index (χ1n) is 6.69. The molecule has 1 N–H and O–H groups in total. The highest BCUT2D eigenvalue weighted by Crippen LogP contribution is 2.22. The molecule has 1 saturated heterocycles. The Hall–Kier alpha value is -0.0800. The molecule has 0 aromatic heterocycles. The third-order valence-electron chi connectivity index (χ3n) is 3.32. The average molecular weight is 213 g/mol. The zero-order valence-electron chi connectivity index (χ0n) is 10.4. The van der Waals surface area contributed by atoms with Crippen molar-refractivity contribution in [2.45, 2.75) is 58.4 Å². The van der Waals surface area contributed by atoms with E-state index in [2.05, 4.69) is 19.2 Å². The number of nitrogens with one attached hydrogen (secondary N) is 1. The van der Waals surface area contributed by atoms with Crippen molar-refractivity contribution >= 4 is 0 Å². The summed E-state index contributed by atoms with van der Waals surface area (Å²) in [7, 11) is 0. The molecule has 90 valence electrons. The zero-order valence-corrected chi connectivity index (χ0v) is 10.4. The molecule has 1 heterocycles. The summed E-state index contributed by atoms with van der Waals surface area (Å²) < 4.78 is 5.53. The molecule has 0 spiro atoms. The predicted octanol–water partition coefficient (Wildman–Crippen LogP) is 2.97. The van der Waals surface area contributed by atoms with E-state index in [9.17, 15) is 0 Å². The van der Waals surface area contributed by atoms with Gasteiger partial charge in [0, 0.05) is 19.3 Å². The van der Waals surface area contributed by atoms with Crippen LogP contribution in [0, 0.1) is 5.92 Å². The van der Waals surface area contributed by atoms with Crippen molar-refractivity contribution in [2.75, 3.05) is 19.8 Å². The van der Waals surface area contributed by atoms with Crippen molar-refractivity contribution in [1.29, 1.82) is 0 Å². The molecule has 0 aliphatic carbocycles. The Morgan fingerprint density at radius 3 is 2.80 bits per heavy atom. The summed E-state index contributed by atoms with van der Waals surface area (Å²) in [4.78, 5) is 0. The maximum Gasteiger partial charge on any atom is 0.0469 e. The minimum atomic E-state index is 0.733. The summed E-state index contributed by atoms with van der Waals surface area (Å²) in [6.07, 6.45) is 7.70. The molecule has 2 heteroatoms. The van der Waals surface area contributed by atoms with Crippen LogP contribution in [0.15, 0.2) is 0 Å². The van der Waals surface area contributed by atoms with Gasteiger partial charge in [0.1, 0.15) is 0 Å². The molecule has 1 fully saturated rings. The zero-order chi connectivity index (χ0) is 10.9. The van der Waals surface area contributed by atoms with Gasteiger partial charge in [-0.25, -0.2) is 0 Å². The molecule has 15 heavy (non-hydrogen) atoms. The second-order valence-electron chi connectivity index (χ2n) is 4.65. The molecule has 0 saturated carbocycles. The molecule has 0 aromatic rings. The lowest BCUT2D eigenvalue weighted by Gasteiger charge is -2.26. The van der Waals surface area contributed by atoms with Crippen LogP contribution in [0.3, 0.4) is 0 Å². The molecule has 2 nitrogen and oxygen atoms in total. The van der Waals surface area contributed by atoms with Crippen LogP contribution >= 0.6 is 0 Å². The average Bonchev–Trinajstić information content (AvgIpc) is 2.52. The molecular formula is C13H27NO. The minimum absolute atomic E-state index is 0.733. The quantitative estimate of drug-likeness (QED) is 0.732. The molecule has 0 aromatic carbocycles. The Kier molecular flexibility index (Phi) is 7.03. The topological polar surface area (TPSA) is 21.3 Å². The van der Waals surface area contributed by atoms with Gasteiger partial charge in [-0.2, -0.15) is 0 Å². The second-order valence-corrected chi connectivity index (χ2v) is 4.65. The van der Waals surface area contributed by atoms with Gasteiger partial charge in [-0.05, 0) is 44.6 Å². The van der Waals surface area contributed by atoms with Gasteiger partial charge in [0.05, 0.1) is 0 Å². The summed E-state index contributed by atoms with van der Waals surface area (Å²) in [6, 6.07) is 0.733. The lowest BCUT2D eigenvalue weighted by Crippen LogP contribution is -2.36. The summed E-state index contributed by atoms with van der Waals surface area (Å²) in [5, 5.41) is 3.71. The lowest BCUT2D eigenvalue weighted by atomic mass is 9.89. The van der Waals surface area contributed by atoms with E-state index in [0.29, 0.717) is 0 Å². The van der Waals surface area contributed by atoms with E-state index in [4.69, 9.17) is 4.74 Å². The highest BCUT2D eigenvalue weighted by molar-refractivity contribution is 4.77. The van der Waals surface area contributed by atoms with Crippen molar-refractivity contribution in [3.63, 3.8) is 0 Å². The highest BCUT2D eigenvalue weighted by atomic mass is 16.5. The van der Waals surface area contributed by atoms with E-state index in [1.807, 2.05) is 0 Å². The van der Waals surface area contributed by atoms with Gasteiger partial charge < -0.3 is 10.1 Å². The molecule has 2 atom stereocenters. The first-order valence-corrected chi connectivity index (χ1v) is 6.69. The largest absolute Gasteiger partial charge is 0.381 e. The van der Waals surface area contributed by atoms with Crippen LogP contribution in [0.1, 0.15) is 52.4 Å². The summed E-state index contributed by atoms with van der Waals surface area (Å²) in [5.74, 6) is 0.846. The van der Waals surface area contributed by atoms with Crippen LogP contribution in [0.5, 0.6) is 0 Å². The first kappa shape index (κ1) is 13.0. The van der Waals surface area contributed by atoms with E-state index < -0.39 is 0 Å². The Bertz CT molecular complexity index is 141. The van der Waals surface area contributed by atoms with Crippen LogP contribution in [0.2, 0.25) is 0 Å². The monoisotopic (exact) mass is 213 g/mol. The van der Waals surface area contributed by atoms with Crippen LogP contribution in [0.25, 0.3) is 0 Å². The fraction of sp³-hybridized carbons (Fsp3) is 1.00. The highest BCUT2D eigenvalue weighted by Gasteiger charge is 2.21. The van der Waals surface area contributed by atoms with Gasteiger partial charge in [0.25, 0.3) is 0 Å². The van der Waals surface area contributed by atoms with E-state index >= 15 is 0 Å². The van der Waals surface area contributed by atoms with Crippen molar-refractivity contribution < 1.29 is 4.74 Å². The fourth-order valence-electron chi connectivity index (χ4n) is 2.48. The van der Waals surface area contributed by atoms with Crippen molar-refractivity contribution in [1.82, 2.24) is 5.32 Å². The van der Waals surface area contributed by atoms with E-state index in [1.165, 1.54) is 45.1 Å². The van der Waals surface area contributed by atoms with E-state index in [1.54, 1.807) is 0 Å². The second kappa shape index (κ2) is 8.12. The smallest absolute Gasteiger partial charge is 0.0469 e. The van der Waals surface area contributed by atoms with Gasteiger partial charge in [0.2, 0.25) is 0 Å². The summed E-state index contributed by atoms with van der Waals surface area (Å²) in [6.45, 7) is 7.64. The lowest BCUT2D eigenvalue weighted by molar-refractivity contribution is 0.139. The molecule has 1 aliphatic heterocycles. The molecule has 0 amide bonds. The third-order valence-corrected chi connectivity index (χ3v) is 3.32. The van der Waals surface area contributed by atoms with Crippen LogP contribution < -0.4 is 5.32 Å². The van der Waals surface area contributed by atoms with Crippen molar-refractivity contribution in [3.8, 4) is 0 Å². The number of ether oxygens (including phenoxy) is 1. The van der Waals surface area contributed by atoms with Crippen LogP contribution in [-0.2, 0) is 4.74 Å². The number of rotatable bonds is 6. The van der Waals surface area contributed by atoms with Crippen molar-refractivity contribution in [2.24, 2.45) is 5.92 Å². The standard InChI is InChI=1S/C13H27NO/c1-3-6-13(14-9-4-2)12-7-5-10-15-11-8-12/h12-14H,3-11H2,1-2H3. The molecule has 0 bridgehead atoms. The van der Waals surface area contributed by atoms with E-state index in [-0.39, 0.29) is 0 Å². The fourth-order valence-corrected chi connectivity index (χ4v) is 2.48. The number of hydrogen-bond donors (Lipinski definition) is 1. The Morgan fingerprint density at radius 2 is 2.07 bits per heavy atom. The molecular weight excluding hydrogens is 186 g/mol. The third kappa shape index (κ3) is 4.98. The van der Waals surface area contributed by atoms with Gasteiger partial charge in [0.15, 0.2) is 0 Å². The normalized spacial score (nSPS) is 24.8. The molecule has 1 aliphatic rings. The maximum atomic E-state index is 5.53. The SMILES string of the molecule is CCCNC(CCC)C1CCCOCC1. The van der Waals surface area contributed by atoms with Gasteiger partial charge in [-0.15, -0.1) is 0 Å². The minimum Gasteiger partial charge on any atom is -0.381 e. The molecule has 1 rings (SSSR count). The van der Waals surface area contributed by atoms with Gasteiger partial charge in [-0.1, -0.05) is 20.3 Å².